The van der Waals surface area contributed by atoms with Crippen molar-refractivity contribution in [2.45, 2.75) is 12.6 Å². The summed E-state index contributed by atoms with van der Waals surface area (Å²) in [5.41, 5.74) is 0. The van der Waals surface area contributed by atoms with Crippen LogP contribution < -0.4 is 4.74 Å². The summed E-state index contributed by atoms with van der Waals surface area (Å²) in [4.78, 5) is 3.72. The molecule has 0 amide bonds. The fraction of sp³-hybridized carbons (Fsp3) is 0.375. The van der Waals surface area contributed by atoms with Crippen molar-refractivity contribution in [2.75, 3.05) is 6.61 Å². The summed E-state index contributed by atoms with van der Waals surface area (Å²) in [7, 11) is 0. The molecule has 0 saturated heterocycles. The van der Waals surface area contributed by atoms with Crippen LogP contribution in [0.5, 0.6) is 5.75 Å². The summed E-state index contributed by atoms with van der Waals surface area (Å²) in [6.45, 7) is -0.395. The van der Waals surface area contributed by atoms with Crippen LogP contribution in [0, 0.1) is 0 Å². The lowest BCUT2D eigenvalue weighted by Crippen LogP contribution is -2.13. The maximum atomic E-state index is 11.8. The smallest absolute Gasteiger partial charge is 0.392 e. The van der Waals surface area contributed by atoms with Gasteiger partial charge in [-0.25, -0.2) is 0 Å². The Kier molecular flexibility index (Phi) is 3.74. The Morgan fingerprint density at radius 3 is 2.71 bits per heavy atom. The Hall–Kier alpha value is -0.780. The number of rotatable bonds is 3. The van der Waals surface area contributed by atoms with Gasteiger partial charge in [-0.05, 0) is 22.0 Å². The molecule has 1 aromatic rings. The molecule has 0 radical (unpaired) electrons. The average molecular weight is 270 g/mol. The van der Waals surface area contributed by atoms with E-state index in [-0.39, 0.29) is 0 Å². The molecule has 0 spiro atoms. The maximum Gasteiger partial charge on any atom is 0.392 e. The van der Waals surface area contributed by atoms with Gasteiger partial charge in [0.1, 0.15) is 0 Å². The summed E-state index contributed by atoms with van der Waals surface area (Å²) >= 11 is 3.13. The maximum absolute atomic E-state index is 11.8. The first-order valence-corrected chi connectivity index (χ1v) is 4.57. The Morgan fingerprint density at radius 2 is 2.14 bits per heavy atom. The van der Waals surface area contributed by atoms with Gasteiger partial charge < -0.3 is 4.74 Å². The van der Waals surface area contributed by atoms with Gasteiger partial charge in [0, 0.05) is 6.20 Å². The van der Waals surface area contributed by atoms with Crippen LogP contribution in [-0.2, 0) is 0 Å². The van der Waals surface area contributed by atoms with Gasteiger partial charge in [0.25, 0.3) is 0 Å². The van der Waals surface area contributed by atoms with E-state index in [1.54, 1.807) is 6.07 Å². The molecule has 6 heteroatoms. The number of hydrogen-bond donors (Lipinski definition) is 0. The summed E-state index contributed by atoms with van der Waals surface area (Å²) in [6.07, 6.45) is -2.27. The second-order valence-electron chi connectivity index (χ2n) is 2.52. The van der Waals surface area contributed by atoms with Gasteiger partial charge in [0.2, 0.25) is 0 Å². The SMILES string of the molecule is FC(F)(F)CCOc1cnccc1Br. The molecule has 0 bridgehead atoms. The predicted octanol–water partition coefficient (Wildman–Crippen LogP) is 3.18. The number of nitrogens with zero attached hydrogens (tertiary/aromatic N) is 1. The highest BCUT2D eigenvalue weighted by Crippen LogP contribution is 2.24. The second kappa shape index (κ2) is 4.63. The minimum atomic E-state index is -4.19. The van der Waals surface area contributed by atoms with Crippen molar-refractivity contribution >= 4 is 15.9 Å². The van der Waals surface area contributed by atoms with E-state index in [1.165, 1.54) is 12.4 Å². The Balaban J connectivity index is 2.43. The van der Waals surface area contributed by atoms with E-state index in [4.69, 9.17) is 4.74 Å². The topological polar surface area (TPSA) is 22.1 Å². The normalized spacial score (nSPS) is 11.4. The van der Waals surface area contributed by atoms with Crippen LogP contribution in [0.15, 0.2) is 22.9 Å². The van der Waals surface area contributed by atoms with Crippen molar-refractivity contribution in [3.05, 3.63) is 22.9 Å². The van der Waals surface area contributed by atoms with Crippen LogP contribution in [0.1, 0.15) is 6.42 Å². The first-order chi connectivity index (χ1) is 6.49. The summed E-state index contributed by atoms with van der Waals surface area (Å²) in [6, 6.07) is 1.60. The molecule has 0 fully saturated rings. The van der Waals surface area contributed by atoms with Gasteiger partial charge in [-0.15, -0.1) is 0 Å². The van der Waals surface area contributed by atoms with Gasteiger partial charge in [-0.1, -0.05) is 0 Å². The molecule has 78 valence electrons. The highest BCUT2D eigenvalue weighted by Gasteiger charge is 2.26. The average Bonchev–Trinajstić information content (AvgIpc) is 2.06. The van der Waals surface area contributed by atoms with Gasteiger partial charge in [0.05, 0.1) is 23.7 Å². The van der Waals surface area contributed by atoms with Gasteiger partial charge in [0.15, 0.2) is 5.75 Å². The highest BCUT2D eigenvalue weighted by molar-refractivity contribution is 9.10. The molecule has 14 heavy (non-hydrogen) atoms. The van der Waals surface area contributed by atoms with E-state index >= 15 is 0 Å². The molecule has 0 aliphatic carbocycles. The summed E-state index contributed by atoms with van der Waals surface area (Å²) in [5, 5.41) is 0. The Labute approximate surface area is 87.2 Å². The molecular weight excluding hydrogens is 263 g/mol. The number of ether oxygens (including phenoxy) is 1. The molecular formula is C8H7BrF3NO. The molecule has 1 heterocycles. The molecule has 0 aliphatic rings. The third-order valence-electron chi connectivity index (χ3n) is 1.38. The number of alkyl halides is 3. The van der Waals surface area contributed by atoms with Crippen LogP contribution in [0.2, 0.25) is 0 Å². The van der Waals surface area contributed by atoms with E-state index in [9.17, 15) is 13.2 Å². The second-order valence-corrected chi connectivity index (χ2v) is 3.37. The molecule has 1 aromatic heterocycles. The van der Waals surface area contributed by atoms with Crippen molar-refractivity contribution in [1.82, 2.24) is 4.98 Å². The van der Waals surface area contributed by atoms with Crippen LogP contribution >= 0.6 is 15.9 Å². The minimum Gasteiger partial charge on any atom is -0.490 e. The lowest BCUT2D eigenvalue weighted by molar-refractivity contribution is -0.139. The van der Waals surface area contributed by atoms with Crippen LogP contribution in [0.3, 0.4) is 0 Å². The first-order valence-electron chi connectivity index (χ1n) is 3.78. The van der Waals surface area contributed by atoms with Gasteiger partial charge in [-0.3, -0.25) is 4.98 Å². The molecule has 0 unspecified atom stereocenters. The van der Waals surface area contributed by atoms with E-state index in [0.29, 0.717) is 10.2 Å². The molecule has 0 aromatic carbocycles. The van der Waals surface area contributed by atoms with E-state index < -0.39 is 19.2 Å². The number of hydrogen-bond acceptors (Lipinski definition) is 2. The minimum absolute atomic E-state index is 0.316. The van der Waals surface area contributed by atoms with Crippen molar-refractivity contribution in [3.8, 4) is 5.75 Å². The fourth-order valence-corrected chi connectivity index (χ4v) is 1.08. The molecule has 1 rings (SSSR count). The summed E-state index contributed by atoms with van der Waals surface area (Å²) < 4.78 is 40.7. The largest absolute Gasteiger partial charge is 0.490 e. The Bertz CT molecular complexity index is 303. The number of aromatic nitrogens is 1. The molecule has 0 atom stereocenters. The van der Waals surface area contributed by atoms with Gasteiger partial charge >= 0.3 is 6.18 Å². The zero-order valence-corrected chi connectivity index (χ0v) is 8.60. The fourth-order valence-electron chi connectivity index (χ4n) is 0.746. The Morgan fingerprint density at radius 1 is 1.43 bits per heavy atom. The molecule has 0 aliphatic heterocycles. The van der Waals surface area contributed by atoms with E-state index in [0.717, 1.165) is 0 Å². The van der Waals surface area contributed by atoms with Crippen LogP contribution in [-0.4, -0.2) is 17.8 Å². The zero-order chi connectivity index (χ0) is 10.6. The van der Waals surface area contributed by atoms with Crippen molar-refractivity contribution < 1.29 is 17.9 Å². The van der Waals surface area contributed by atoms with Crippen molar-refractivity contribution in [2.24, 2.45) is 0 Å². The van der Waals surface area contributed by atoms with Crippen LogP contribution in [0.25, 0.3) is 0 Å². The van der Waals surface area contributed by atoms with E-state index in [2.05, 4.69) is 20.9 Å². The third kappa shape index (κ3) is 3.95. The summed E-state index contributed by atoms with van der Waals surface area (Å²) in [5.74, 6) is 0.316. The number of halogens is 4. The van der Waals surface area contributed by atoms with Crippen molar-refractivity contribution in [1.29, 1.82) is 0 Å². The number of pyridine rings is 1. The van der Waals surface area contributed by atoms with Gasteiger partial charge in [-0.2, -0.15) is 13.2 Å². The zero-order valence-electron chi connectivity index (χ0n) is 7.01. The van der Waals surface area contributed by atoms with Crippen LogP contribution in [0.4, 0.5) is 13.2 Å². The monoisotopic (exact) mass is 269 g/mol. The van der Waals surface area contributed by atoms with Crippen molar-refractivity contribution in [3.63, 3.8) is 0 Å². The highest BCUT2D eigenvalue weighted by atomic mass is 79.9. The lowest BCUT2D eigenvalue weighted by atomic mass is 10.4. The standard InChI is InChI=1S/C8H7BrF3NO/c9-6-1-3-13-5-7(6)14-4-2-8(10,11)12/h1,3,5H,2,4H2. The first kappa shape index (κ1) is 11.3. The van der Waals surface area contributed by atoms with E-state index in [1.807, 2.05) is 0 Å². The molecule has 2 nitrogen and oxygen atoms in total. The molecule has 0 saturated carbocycles. The lowest BCUT2D eigenvalue weighted by Gasteiger charge is -2.08. The third-order valence-corrected chi connectivity index (χ3v) is 2.03. The molecule has 0 N–H and O–H groups in total. The quantitative estimate of drug-likeness (QED) is 0.841. The predicted molar refractivity (Wildman–Crippen MR) is 48.1 cm³/mol.